The molecule has 7 heteroatoms. The highest BCUT2D eigenvalue weighted by Gasteiger charge is 2.24. The normalized spacial score (nSPS) is 18.2. The van der Waals surface area contributed by atoms with Gasteiger partial charge in [-0.3, -0.25) is 4.79 Å². The van der Waals surface area contributed by atoms with Crippen molar-refractivity contribution in [3.8, 4) is 0 Å². The van der Waals surface area contributed by atoms with Crippen LogP contribution in [0, 0.1) is 0 Å². The minimum atomic E-state index is 0.174. The number of anilines is 1. The fourth-order valence-electron chi connectivity index (χ4n) is 2.74. The summed E-state index contributed by atoms with van der Waals surface area (Å²) in [7, 11) is 0. The van der Waals surface area contributed by atoms with E-state index in [9.17, 15) is 4.79 Å². The lowest BCUT2D eigenvalue weighted by molar-refractivity contribution is -0.132. The largest absolute Gasteiger partial charge is 0.354 e. The molecule has 0 aliphatic carbocycles. The fraction of sp³-hybridized carbons (Fsp3) is 0.467. The molecule has 22 heavy (non-hydrogen) atoms. The van der Waals surface area contributed by atoms with Crippen molar-refractivity contribution >= 4 is 11.9 Å². The highest BCUT2D eigenvalue weighted by atomic mass is 16.2. The van der Waals surface area contributed by atoms with Crippen molar-refractivity contribution in [3.63, 3.8) is 0 Å². The maximum Gasteiger partial charge on any atom is 0.224 e. The van der Waals surface area contributed by atoms with E-state index in [0.717, 1.165) is 25.9 Å². The molecule has 1 atom stereocenters. The van der Waals surface area contributed by atoms with Crippen molar-refractivity contribution in [2.75, 3.05) is 25.0 Å². The molecule has 0 aromatic carbocycles. The number of carbonyl (C=O) groups excluding carboxylic acids is 1. The van der Waals surface area contributed by atoms with Gasteiger partial charge in [-0.25, -0.2) is 15.0 Å². The Morgan fingerprint density at radius 1 is 1.32 bits per heavy atom. The first-order valence-electron chi connectivity index (χ1n) is 7.59. The first-order chi connectivity index (χ1) is 10.8. The Morgan fingerprint density at radius 3 is 2.95 bits per heavy atom. The zero-order chi connectivity index (χ0) is 15.2. The van der Waals surface area contributed by atoms with Gasteiger partial charge in [-0.05, 0) is 18.9 Å². The maximum atomic E-state index is 12.3. The number of hydrogen-bond acceptors (Lipinski definition) is 5. The predicted molar refractivity (Wildman–Crippen MR) is 82.2 cm³/mol. The molecule has 1 saturated heterocycles. The van der Waals surface area contributed by atoms with E-state index >= 15 is 0 Å². The smallest absolute Gasteiger partial charge is 0.224 e. The third-order valence-corrected chi connectivity index (χ3v) is 3.88. The molecule has 2 aromatic heterocycles. The third-order valence-electron chi connectivity index (χ3n) is 3.88. The molecule has 1 aliphatic rings. The molecule has 1 fully saturated rings. The third kappa shape index (κ3) is 3.60. The van der Waals surface area contributed by atoms with Crippen LogP contribution in [0.5, 0.6) is 0 Å². The van der Waals surface area contributed by atoms with Crippen molar-refractivity contribution in [3.05, 3.63) is 37.2 Å². The van der Waals surface area contributed by atoms with Gasteiger partial charge in [0.25, 0.3) is 0 Å². The lowest BCUT2D eigenvalue weighted by Crippen LogP contribution is -2.41. The van der Waals surface area contributed by atoms with E-state index in [4.69, 9.17) is 0 Å². The molecule has 1 N–H and O–H groups in total. The average Bonchev–Trinajstić information content (AvgIpc) is 3.10. The number of amides is 1. The van der Waals surface area contributed by atoms with Gasteiger partial charge in [-0.15, -0.1) is 0 Å². The van der Waals surface area contributed by atoms with Crippen molar-refractivity contribution in [2.24, 2.45) is 0 Å². The molecule has 116 valence electrons. The number of rotatable bonds is 5. The number of hydrogen-bond donors (Lipinski definition) is 1. The van der Waals surface area contributed by atoms with Gasteiger partial charge < -0.3 is 14.8 Å². The van der Waals surface area contributed by atoms with Crippen molar-refractivity contribution < 1.29 is 4.79 Å². The molecule has 0 unspecified atom stereocenters. The van der Waals surface area contributed by atoms with Gasteiger partial charge in [0.15, 0.2) is 0 Å². The summed E-state index contributed by atoms with van der Waals surface area (Å²) in [6.45, 7) is 2.15. The van der Waals surface area contributed by atoms with Crippen LogP contribution in [0.25, 0.3) is 0 Å². The van der Waals surface area contributed by atoms with Gasteiger partial charge in [0.2, 0.25) is 11.9 Å². The van der Waals surface area contributed by atoms with Gasteiger partial charge in [0.1, 0.15) is 0 Å². The summed E-state index contributed by atoms with van der Waals surface area (Å²) < 4.78 is 2.09. The first-order valence-corrected chi connectivity index (χ1v) is 7.59. The molecule has 0 spiro atoms. The van der Waals surface area contributed by atoms with Gasteiger partial charge in [-0.1, -0.05) is 0 Å². The van der Waals surface area contributed by atoms with Gasteiger partial charge in [0, 0.05) is 50.8 Å². The Labute approximate surface area is 129 Å². The minimum Gasteiger partial charge on any atom is -0.354 e. The summed E-state index contributed by atoms with van der Waals surface area (Å²) >= 11 is 0. The summed E-state index contributed by atoms with van der Waals surface area (Å²) in [5, 5.41) is 3.07. The minimum absolute atomic E-state index is 0.174. The molecule has 7 nitrogen and oxygen atoms in total. The summed E-state index contributed by atoms with van der Waals surface area (Å²) in [6.07, 6.45) is 11.5. The molecule has 1 aliphatic heterocycles. The Morgan fingerprint density at radius 2 is 2.18 bits per heavy atom. The standard InChI is InChI=1S/C15H20N6O/c22-14(4-7-19-15-17-5-2-6-18-15)20-9-1-3-13(11-20)21-10-8-16-12-21/h2,5-6,8,10,12-13H,1,3-4,7,9,11H2,(H,17,18,19)/t13-/m1/s1. The van der Waals surface area contributed by atoms with E-state index in [1.54, 1.807) is 24.7 Å². The van der Waals surface area contributed by atoms with E-state index in [1.807, 2.05) is 17.4 Å². The molecule has 3 heterocycles. The molecule has 2 aromatic rings. The molecular formula is C15H20N6O. The summed E-state index contributed by atoms with van der Waals surface area (Å²) in [5.74, 6) is 0.735. The lowest BCUT2D eigenvalue weighted by atomic mass is 10.1. The van der Waals surface area contributed by atoms with Crippen LogP contribution in [0.1, 0.15) is 25.3 Å². The van der Waals surface area contributed by atoms with Crippen LogP contribution in [0.15, 0.2) is 37.2 Å². The van der Waals surface area contributed by atoms with Crippen LogP contribution < -0.4 is 5.32 Å². The number of likely N-dealkylation sites (tertiary alicyclic amines) is 1. The summed E-state index contributed by atoms with van der Waals surface area (Å²) in [4.78, 5) is 26.5. The predicted octanol–water partition coefficient (Wildman–Crippen LogP) is 1.34. The molecule has 3 rings (SSSR count). The number of imidazole rings is 1. The van der Waals surface area contributed by atoms with E-state index < -0.39 is 0 Å². The number of carbonyl (C=O) groups is 1. The number of aromatic nitrogens is 4. The second-order valence-corrected chi connectivity index (χ2v) is 5.39. The number of nitrogens with zero attached hydrogens (tertiary/aromatic N) is 5. The Balaban J connectivity index is 1.47. The Hall–Kier alpha value is -2.44. The summed E-state index contributed by atoms with van der Waals surface area (Å²) in [6, 6.07) is 2.10. The van der Waals surface area contributed by atoms with E-state index in [1.165, 1.54) is 0 Å². The van der Waals surface area contributed by atoms with Crippen LogP contribution in [0.2, 0.25) is 0 Å². The second-order valence-electron chi connectivity index (χ2n) is 5.39. The number of nitrogens with one attached hydrogen (secondary N) is 1. The highest BCUT2D eigenvalue weighted by Crippen LogP contribution is 2.21. The Kier molecular flexibility index (Phi) is 4.62. The average molecular weight is 300 g/mol. The van der Waals surface area contributed by atoms with E-state index in [-0.39, 0.29) is 5.91 Å². The molecule has 0 bridgehead atoms. The topological polar surface area (TPSA) is 75.9 Å². The first kappa shape index (κ1) is 14.5. The highest BCUT2D eigenvalue weighted by molar-refractivity contribution is 5.76. The Bertz CT molecular complexity index is 585. The van der Waals surface area contributed by atoms with Crippen LogP contribution in [-0.4, -0.2) is 50.0 Å². The second kappa shape index (κ2) is 7.02. The lowest BCUT2D eigenvalue weighted by Gasteiger charge is -2.33. The van der Waals surface area contributed by atoms with Crippen molar-refractivity contribution in [1.29, 1.82) is 0 Å². The van der Waals surface area contributed by atoms with Crippen molar-refractivity contribution in [2.45, 2.75) is 25.3 Å². The summed E-state index contributed by atoms with van der Waals surface area (Å²) in [5.41, 5.74) is 0. The number of piperidine rings is 1. The molecular weight excluding hydrogens is 280 g/mol. The maximum absolute atomic E-state index is 12.3. The monoisotopic (exact) mass is 300 g/mol. The van der Waals surface area contributed by atoms with Gasteiger partial charge in [-0.2, -0.15) is 0 Å². The zero-order valence-electron chi connectivity index (χ0n) is 12.4. The van der Waals surface area contributed by atoms with Gasteiger partial charge >= 0.3 is 0 Å². The van der Waals surface area contributed by atoms with Crippen molar-refractivity contribution in [1.82, 2.24) is 24.4 Å². The quantitative estimate of drug-likeness (QED) is 0.902. The fourth-order valence-corrected chi connectivity index (χ4v) is 2.74. The van der Waals surface area contributed by atoms with Crippen LogP contribution in [0.3, 0.4) is 0 Å². The van der Waals surface area contributed by atoms with E-state index in [0.29, 0.717) is 25.0 Å². The van der Waals surface area contributed by atoms with Crippen LogP contribution in [0.4, 0.5) is 5.95 Å². The molecule has 1 amide bonds. The molecule has 0 saturated carbocycles. The zero-order valence-corrected chi connectivity index (χ0v) is 12.4. The van der Waals surface area contributed by atoms with Gasteiger partial charge in [0.05, 0.1) is 12.4 Å². The van der Waals surface area contributed by atoms with Crippen LogP contribution >= 0.6 is 0 Å². The van der Waals surface area contributed by atoms with E-state index in [2.05, 4.69) is 24.8 Å². The molecule has 0 radical (unpaired) electrons. The van der Waals surface area contributed by atoms with Crippen LogP contribution in [-0.2, 0) is 4.79 Å². The SMILES string of the molecule is O=C(CCNc1ncccn1)N1CCC[C@@H](n2ccnc2)C1.